The van der Waals surface area contributed by atoms with Gasteiger partial charge in [0.2, 0.25) is 0 Å². The SMILES string of the molecule is CC1CCN(c2ccc(NC(=O)c3cc(NCCN(C)C)ncn3)cc2)CC1. The number of benzene rings is 1. The van der Waals surface area contributed by atoms with Crippen LogP contribution < -0.4 is 15.5 Å². The third-order valence-corrected chi connectivity index (χ3v) is 5.04. The van der Waals surface area contributed by atoms with Gasteiger partial charge in [0, 0.05) is 43.6 Å². The molecular weight excluding hydrogens is 352 g/mol. The summed E-state index contributed by atoms with van der Waals surface area (Å²) < 4.78 is 0. The number of aromatic nitrogens is 2. The Morgan fingerprint density at radius 3 is 2.57 bits per heavy atom. The van der Waals surface area contributed by atoms with Gasteiger partial charge >= 0.3 is 0 Å². The number of nitrogens with zero attached hydrogens (tertiary/aromatic N) is 4. The maximum Gasteiger partial charge on any atom is 0.274 e. The van der Waals surface area contributed by atoms with Crippen molar-refractivity contribution in [2.45, 2.75) is 19.8 Å². The van der Waals surface area contributed by atoms with Crippen molar-refractivity contribution in [3.8, 4) is 0 Å². The summed E-state index contributed by atoms with van der Waals surface area (Å²) in [6.07, 6.45) is 3.88. The van der Waals surface area contributed by atoms with E-state index in [1.54, 1.807) is 6.07 Å². The van der Waals surface area contributed by atoms with Gasteiger partial charge in [-0.2, -0.15) is 0 Å². The molecule has 1 saturated heterocycles. The summed E-state index contributed by atoms with van der Waals surface area (Å²) in [4.78, 5) is 25.3. The molecule has 0 saturated carbocycles. The molecular formula is C21H30N6O. The highest BCUT2D eigenvalue weighted by Crippen LogP contribution is 2.24. The van der Waals surface area contributed by atoms with E-state index in [0.717, 1.165) is 37.8 Å². The minimum Gasteiger partial charge on any atom is -0.372 e. The Labute approximate surface area is 167 Å². The van der Waals surface area contributed by atoms with Gasteiger partial charge in [0.05, 0.1) is 0 Å². The molecule has 0 aliphatic carbocycles. The highest BCUT2D eigenvalue weighted by atomic mass is 16.1. The minimum atomic E-state index is -0.238. The monoisotopic (exact) mass is 382 g/mol. The van der Waals surface area contributed by atoms with E-state index in [2.05, 4.69) is 49.5 Å². The number of rotatable bonds is 7. The van der Waals surface area contributed by atoms with Crippen LogP contribution in [-0.4, -0.2) is 61.0 Å². The van der Waals surface area contributed by atoms with Gasteiger partial charge in [0.1, 0.15) is 17.8 Å². The summed E-state index contributed by atoms with van der Waals surface area (Å²) in [5, 5.41) is 6.12. The van der Waals surface area contributed by atoms with E-state index in [0.29, 0.717) is 11.5 Å². The smallest absolute Gasteiger partial charge is 0.274 e. The van der Waals surface area contributed by atoms with Crippen molar-refractivity contribution < 1.29 is 4.79 Å². The van der Waals surface area contributed by atoms with Crippen LogP contribution in [0.4, 0.5) is 17.2 Å². The van der Waals surface area contributed by atoms with Crippen molar-refractivity contribution in [1.82, 2.24) is 14.9 Å². The lowest BCUT2D eigenvalue weighted by molar-refractivity contribution is 0.102. The Morgan fingerprint density at radius 1 is 1.18 bits per heavy atom. The zero-order chi connectivity index (χ0) is 19.9. The molecule has 7 heteroatoms. The Kier molecular flexibility index (Phi) is 6.81. The van der Waals surface area contributed by atoms with Crippen LogP contribution >= 0.6 is 0 Å². The molecule has 0 atom stereocenters. The molecule has 2 aromatic rings. The molecule has 150 valence electrons. The summed E-state index contributed by atoms with van der Waals surface area (Å²) in [6, 6.07) is 9.71. The normalized spacial score (nSPS) is 14.9. The number of nitrogens with one attached hydrogen (secondary N) is 2. The van der Waals surface area contributed by atoms with Crippen LogP contribution in [-0.2, 0) is 0 Å². The Bertz CT molecular complexity index is 769. The second-order valence-corrected chi connectivity index (χ2v) is 7.69. The van der Waals surface area contributed by atoms with Gasteiger partial charge in [-0.1, -0.05) is 6.92 Å². The molecule has 3 rings (SSSR count). The highest BCUT2D eigenvalue weighted by molar-refractivity contribution is 6.03. The number of anilines is 3. The molecule has 1 fully saturated rings. The van der Waals surface area contributed by atoms with Crippen LogP contribution in [0.25, 0.3) is 0 Å². The zero-order valence-corrected chi connectivity index (χ0v) is 17.0. The van der Waals surface area contributed by atoms with Crippen LogP contribution in [0.3, 0.4) is 0 Å². The number of carbonyl (C=O) groups is 1. The summed E-state index contributed by atoms with van der Waals surface area (Å²) >= 11 is 0. The number of carbonyl (C=O) groups excluding carboxylic acids is 1. The Hall–Kier alpha value is -2.67. The first kappa shape index (κ1) is 20.1. The van der Waals surface area contributed by atoms with Gasteiger partial charge in [0.25, 0.3) is 5.91 Å². The highest BCUT2D eigenvalue weighted by Gasteiger charge is 2.16. The average molecular weight is 383 g/mol. The third kappa shape index (κ3) is 5.66. The van der Waals surface area contributed by atoms with Gasteiger partial charge in [-0.15, -0.1) is 0 Å². The van der Waals surface area contributed by atoms with E-state index in [1.807, 2.05) is 26.2 Å². The van der Waals surface area contributed by atoms with E-state index in [-0.39, 0.29) is 5.91 Å². The van der Waals surface area contributed by atoms with Crippen molar-refractivity contribution in [1.29, 1.82) is 0 Å². The van der Waals surface area contributed by atoms with Gasteiger partial charge in [-0.3, -0.25) is 4.79 Å². The summed E-state index contributed by atoms with van der Waals surface area (Å²) in [5.41, 5.74) is 2.32. The van der Waals surface area contributed by atoms with Crippen molar-refractivity contribution in [2.24, 2.45) is 5.92 Å². The second kappa shape index (κ2) is 9.50. The molecule has 0 radical (unpaired) electrons. The molecule has 0 unspecified atom stereocenters. The number of hydrogen-bond donors (Lipinski definition) is 2. The fourth-order valence-electron chi connectivity index (χ4n) is 3.20. The quantitative estimate of drug-likeness (QED) is 0.767. The zero-order valence-electron chi connectivity index (χ0n) is 17.0. The third-order valence-electron chi connectivity index (χ3n) is 5.04. The topological polar surface area (TPSA) is 73.4 Å². The molecule has 0 bridgehead atoms. The summed E-state index contributed by atoms with van der Waals surface area (Å²) in [7, 11) is 4.02. The largest absolute Gasteiger partial charge is 0.372 e. The van der Waals surface area contributed by atoms with Crippen molar-refractivity contribution >= 4 is 23.1 Å². The fraction of sp³-hybridized carbons (Fsp3) is 0.476. The Balaban J connectivity index is 1.57. The van der Waals surface area contributed by atoms with Crippen LogP contribution in [0.15, 0.2) is 36.7 Å². The number of piperidine rings is 1. The van der Waals surface area contributed by atoms with Crippen molar-refractivity contribution in [2.75, 3.05) is 55.8 Å². The van der Waals surface area contributed by atoms with Gasteiger partial charge in [0.15, 0.2) is 0 Å². The molecule has 2 N–H and O–H groups in total. The molecule has 1 aliphatic heterocycles. The van der Waals surface area contributed by atoms with Crippen LogP contribution in [0.5, 0.6) is 0 Å². The molecule has 2 heterocycles. The first-order chi connectivity index (χ1) is 13.5. The maximum atomic E-state index is 12.5. The predicted octanol–water partition coefficient (Wildman–Crippen LogP) is 2.94. The molecule has 1 aromatic heterocycles. The Morgan fingerprint density at radius 2 is 1.89 bits per heavy atom. The molecule has 1 aliphatic rings. The van der Waals surface area contributed by atoms with Crippen LogP contribution in [0.2, 0.25) is 0 Å². The van der Waals surface area contributed by atoms with E-state index in [9.17, 15) is 4.79 Å². The minimum absolute atomic E-state index is 0.238. The first-order valence-corrected chi connectivity index (χ1v) is 9.88. The predicted molar refractivity (Wildman–Crippen MR) is 114 cm³/mol. The van der Waals surface area contributed by atoms with Crippen molar-refractivity contribution in [3.05, 3.63) is 42.4 Å². The molecule has 1 aromatic carbocycles. The second-order valence-electron chi connectivity index (χ2n) is 7.69. The number of likely N-dealkylation sites (N-methyl/N-ethyl adjacent to an activating group) is 1. The lowest BCUT2D eigenvalue weighted by Crippen LogP contribution is -2.32. The fourth-order valence-corrected chi connectivity index (χ4v) is 3.20. The summed E-state index contributed by atoms with van der Waals surface area (Å²) in [6.45, 7) is 6.14. The maximum absolute atomic E-state index is 12.5. The number of hydrogen-bond acceptors (Lipinski definition) is 6. The molecule has 1 amide bonds. The first-order valence-electron chi connectivity index (χ1n) is 9.88. The van der Waals surface area contributed by atoms with Gasteiger partial charge < -0.3 is 20.4 Å². The molecule has 28 heavy (non-hydrogen) atoms. The molecule has 0 spiro atoms. The lowest BCUT2D eigenvalue weighted by atomic mass is 9.99. The van der Waals surface area contributed by atoms with E-state index >= 15 is 0 Å². The van der Waals surface area contributed by atoms with Crippen molar-refractivity contribution in [3.63, 3.8) is 0 Å². The molecule has 7 nitrogen and oxygen atoms in total. The average Bonchev–Trinajstić information content (AvgIpc) is 2.69. The summed E-state index contributed by atoms with van der Waals surface area (Å²) in [5.74, 6) is 1.22. The van der Waals surface area contributed by atoms with E-state index < -0.39 is 0 Å². The van der Waals surface area contributed by atoms with Crippen LogP contribution in [0, 0.1) is 5.92 Å². The van der Waals surface area contributed by atoms with E-state index in [4.69, 9.17) is 0 Å². The lowest BCUT2D eigenvalue weighted by Gasteiger charge is -2.32. The standard InChI is InChI=1S/C21H30N6O/c1-16-8-11-27(12-9-16)18-6-4-17(5-7-18)25-21(28)19-14-20(24-15-23-19)22-10-13-26(2)3/h4-7,14-16H,8-13H2,1-3H3,(H,25,28)(H,22,23,24). The van der Waals surface area contributed by atoms with Gasteiger partial charge in [-0.25, -0.2) is 9.97 Å². The number of amides is 1. The van der Waals surface area contributed by atoms with Gasteiger partial charge in [-0.05, 0) is 57.1 Å². The van der Waals surface area contributed by atoms with Crippen LogP contribution in [0.1, 0.15) is 30.3 Å². The van der Waals surface area contributed by atoms with E-state index in [1.165, 1.54) is 24.9 Å².